The summed E-state index contributed by atoms with van der Waals surface area (Å²) in [5.74, 6) is -1.49. The van der Waals surface area contributed by atoms with Crippen molar-refractivity contribution in [2.45, 2.75) is 19.9 Å². The number of aliphatic carboxylic acids is 1. The van der Waals surface area contributed by atoms with E-state index in [-0.39, 0.29) is 18.4 Å². The van der Waals surface area contributed by atoms with Gasteiger partial charge < -0.3 is 14.9 Å². The lowest BCUT2D eigenvalue weighted by Crippen LogP contribution is -2.35. The van der Waals surface area contributed by atoms with Crippen LogP contribution in [0.25, 0.3) is 0 Å². The zero-order chi connectivity index (χ0) is 19.6. The van der Waals surface area contributed by atoms with Crippen molar-refractivity contribution in [2.75, 3.05) is 18.0 Å². The van der Waals surface area contributed by atoms with Crippen molar-refractivity contribution < 1.29 is 19.5 Å². The largest absolute Gasteiger partial charge is 0.480 e. The molecule has 1 aliphatic heterocycles. The summed E-state index contributed by atoms with van der Waals surface area (Å²) >= 11 is 5.88. The van der Waals surface area contributed by atoms with E-state index in [0.717, 1.165) is 16.8 Å². The van der Waals surface area contributed by atoms with Gasteiger partial charge in [0.1, 0.15) is 6.54 Å². The van der Waals surface area contributed by atoms with Gasteiger partial charge in [-0.3, -0.25) is 14.4 Å². The van der Waals surface area contributed by atoms with E-state index in [2.05, 4.69) is 0 Å². The summed E-state index contributed by atoms with van der Waals surface area (Å²) in [5.41, 5.74) is 2.92. The lowest BCUT2D eigenvalue weighted by Gasteiger charge is -2.22. The Morgan fingerprint density at radius 3 is 2.48 bits per heavy atom. The number of amides is 2. The molecule has 0 radical (unpaired) electrons. The molecule has 0 fully saturated rings. The molecule has 27 heavy (non-hydrogen) atoms. The molecular weight excluding hydrogens is 368 g/mol. The fraction of sp³-hybridized carbons (Fsp3) is 0.250. The van der Waals surface area contributed by atoms with Crippen LogP contribution in [0.2, 0.25) is 5.02 Å². The van der Waals surface area contributed by atoms with Crippen molar-refractivity contribution in [2.24, 2.45) is 0 Å². The van der Waals surface area contributed by atoms with Crippen LogP contribution in [0.15, 0.2) is 42.5 Å². The molecule has 0 spiro atoms. The van der Waals surface area contributed by atoms with Crippen molar-refractivity contribution in [1.29, 1.82) is 0 Å². The number of rotatable bonds is 5. The van der Waals surface area contributed by atoms with E-state index in [1.54, 1.807) is 47.4 Å². The number of carboxylic acid groups (broad SMARTS) is 1. The molecule has 1 heterocycles. The van der Waals surface area contributed by atoms with Crippen LogP contribution in [-0.4, -0.2) is 40.9 Å². The number of carbonyl (C=O) groups is 3. The summed E-state index contributed by atoms with van der Waals surface area (Å²) in [6, 6.07) is 12.1. The number of anilines is 1. The minimum absolute atomic E-state index is 0.0388. The zero-order valence-corrected chi connectivity index (χ0v) is 15.6. The molecule has 1 aliphatic rings. The molecule has 2 amide bonds. The molecule has 0 bridgehead atoms. The third-order valence-electron chi connectivity index (χ3n) is 4.50. The maximum absolute atomic E-state index is 12.9. The Hall–Kier alpha value is -2.86. The lowest BCUT2D eigenvalue weighted by atomic mass is 10.1. The Balaban J connectivity index is 1.84. The van der Waals surface area contributed by atoms with Crippen LogP contribution < -0.4 is 4.90 Å². The predicted octanol–water partition coefficient (Wildman–Crippen LogP) is 2.98. The highest BCUT2D eigenvalue weighted by molar-refractivity contribution is 6.30. The molecule has 3 rings (SSSR count). The topological polar surface area (TPSA) is 77.9 Å². The molecule has 2 aromatic rings. The summed E-state index contributed by atoms with van der Waals surface area (Å²) < 4.78 is 0. The molecule has 140 valence electrons. The van der Waals surface area contributed by atoms with E-state index in [1.165, 1.54) is 11.8 Å². The third-order valence-corrected chi connectivity index (χ3v) is 4.75. The summed E-state index contributed by atoms with van der Waals surface area (Å²) in [6.45, 7) is 1.86. The van der Waals surface area contributed by atoms with Crippen molar-refractivity contribution in [1.82, 2.24) is 4.90 Å². The van der Waals surface area contributed by atoms with Crippen molar-refractivity contribution in [3.63, 3.8) is 0 Å². The highest BCUT2D eigenvalue weighted by Gasteiger charge is 2.25. The van der Waals surface area contributed by atoms with Crippen molar-refractivity contribution in [3.05, 3.63) is 64.2 Å². The molecule has 0 aliphatic carbocycles. The average molecular weight is 387 g/mol. The summed E-state index contributed by atoms with van der Waals surface area (Å²) in [7, 11) is 0. The number of hydrogen-bond donors (Lipinski definition) is 1. The Morgan fingerprint density at radius 1 is 1.15 bits per heavy atom. The van der Waals surface area contributed by atoms with Gasteiger partial charge in [0.15, 0.2) is 0 Å². The van der Waals surface area contributed by atoms with E-state index in [9.17, 15) is 19.5 Å². The summed E-state index contributed by atoms with van der Waals surface area (Å²) in [5, 5.41) is 9.77. The smallest absolute Gasteiger partial charge is 0.323 e. The normalized spacial score (nSPS) is 12.6. The summed E-state index contributed by atoms with van der Waals surface area (Å²) in [4.78, 5) is 38.8. The third kappa shape index (κ3) is 4.28. The fourth-order valence-corrected chi connectivity index (χ4v) is 3.34. The second-order valence-electron chi connectivity index (χ2n) is 6.45. The molecule has 6 nitrogen and oxygen atoms in total. The molecule has 0 unspecified atom stereocenters. The lowest BCUT2D eigenvalue weighted by molar-refractivity contribution is -0.137. The quantitative estimate of drug-likeness (QED) is 0.856. The fourth-order valence-electron chi connectivity index (χ4n) is 3.22. The van der Waals surface area contributed by atoms with Gasteiger partial charge in [-0.1, -0.05) is 23.7 Å². The van der Waals surface area contributed by atoms with Crippen molar-refractivity contribution >= 4 is 35.1 Å². The van der Waals surface area contributed by atoms with Gasteiger partial charge in [0.25, 0.3) is 5.91 Å². The zero-order valence-electron chi connectivity index (χ0n) is 14.8. The molecule has 0 atom stereocenters. The Kier molecular flexibility index (Phi) is 5.46. The van der Waals surface area contributed by atoms with Crippen LogP contribution >= 0.6 is 11.6 Å². The average Bonchev–Trinajstić information content (AvgIpc) is 3.05. The first-order valence-corrected chi connectivity index (χ1v) is 8.89. The standard InChI is InChI=1S/C20H19ClN2O4/c1-13(24)23-9-8-15-10-16(4-7-18(15)23)20(27)22(12-19(25)26)11-14-2-5-17(21)6-3-14/h2-7,10H,8-9,11-12H2,1H3,(H,25,26). The molecule has 0 saturated carbocycles. The highest BCUT2D eigenvalue weighted by atomic mass is 35.5. The SMILES string of the molecule is CC(=O)N1CCc2cc(C(=O)N(CC(=O)O)Cc3ccc(Cl)cc3)ccc21. The number of halogens is 1. The first-order chi connectivity index (χ1) is 12.8. The molecular formula is C20H19ClN2O4. The van der Waals surface area contributed by atoms with Gasteiger partial charge in [0.05, 0.1) is 0 Å². The van der Waals surface area contributed by atoms with E-state index >= 15 is 0 Å². The molecule has 0 aromatic heterocycles. The Morgan fingerprint density at radius 2 is 1.85 bits per heavy atom. The van der Waals surface area contributed by atoms with Crippen LogP contribution in [0.4, 0.5) is 5.69 Å². The molecule has 7 heteroatoms. The maximum Gasteiger partial charge on any atom is 0.323 e. The Labute approximate surface area is 162 Å². The predicted molar refractivity (Wildman–Crippen MR) is 102 cm³/mol. The highest BCUT2D eigenvalue weighted by Crippen LogP contribution is 2.29. The monoisotopic (exact) mass is 386 g/mol. The van der Waals surface area contributed by atoms with Gasteiger partial charge in [-0.05, 0) is 47.9 Å². The molecule has 1 N–H and O–H groups in total. The van der Waals surface area contributed by atoms with E-state index < -0.39 is 12.5 Å². The Bertz CT molecular complexity index is 895. The minimum Gasteiger partial charge on any atom is -0.480 e. The van der Waals surface area contributed by atoms with Gasteiger partial charge in [0, 0.05) is 36.3 Å². The second kappa shape index (κ2) is 7.80. The van der Waals surface area contributed by atoms with Gasteiger partial charge in [-0.2, -0.15) is 0 Å². The molecule has 0 saturated heterocycles. The number of hydrogen-bond acceptors (Lipinski definition) is 3. The van der Waals surface area contributed by atoms with Gasteiger partial charge in [0.2, 0.25) is 5.91 Å². The van der Waals surface area contributed by atoms with Crippen LogP contribution in [-0.2, 0) is 22.6 Å². The van der Waals surface area contributed by atoms with Crippen LogP contribution in [0.1, 0.15) is 28.4 Å². The first kappa shape index (κ1) is 18.9. The van der Waals surface area contributed by atoms with E-state index in [1.807, 2.05) is 0 Å². The van der Waals surface area contributed by atoms with Gasteiger partial charge in [-0.15, -0.1) is 0 Å². The minimum atomic E-state index is -1.08. The van der Waals surface area contributed by atoms with Crippen molar-refractivity contribution in [3.8, 4) is 0 Å². The van der Waals surface area contributed by atoms with E-state index in [4.69, 9.17) is 11.6 Å². The summed E-state index contributed by atoms with van der Waals surface area (Å²) in [6.07, 6.45) is 0.673. The number of fused-ring (bicyclic) bond motifs is 1. The van der Waals surface area contributed by atoms with Gasteiger partial charge >= 0.3 is 5.97 Å². The second-order valence-corrected chi connectivity index (χ2v) is 6.88. The van der Waals surface area contributed by atoms with E-state index in [0.29, 0.717) is 23.6 Å². The van der Waals surface area contributed by atoms with Gasteiger partial charge in [-0.25, -0.2) is 0 Å². The maximum atomic E-state index is 12.9. The number of carbonyl (C=O) groups excluding carboxylic acids is 2. The van der Waals surface area contributed by atoms with Crippen LogP contribution in [0, 0.1) is 0 Å². The first-order valence-electron chi connectivity index (χ1n) is 8.51. The number of carboxylic acids is 1. The number of benzene rings is 2. The van der Waals surface area contributed by atoms with Crippen LogP contribution in [0.3, 0.4) is 0 Å². The van der Waals surface area contributed by atoms with Crippen LogP contribution in [0.5, 0.6) is 0 Å². The number of nitrogens with zero attached hydrogens (tertiary/aromatic N) is 2. The molecule has 2 aromatic carbocycles.